The Morgan fingerprint density at radius 2 is 1.90 bits per heavy atom. The van der Waals surface area contributed by atoms with Crippen molar-refractivity contribution in [3.63, 3.8) is 0 Å². The second-order valence-electron chi connectivity index (χ2n) is 9.54. The van der Waals surface area contributed by atoms with Gasteiger partial charge in [-0.05, 0) is 48.3 Å². The second kappa shape index (κ2) is 5.88. The maximum Gasteiger partial charge on any atom is 0.340 e. The van der Waals surface area contributed by atoms with Crippen LogP contribution < -0.4 is 4.74 Å². The van der Waals surface area contributed by atoms with Crippen LogP contribution in [0.1, 0.15) is 66.6 Å². The third kappa shape index (κ3) is 2.41. The van der Waals surface area contributed by atoms with Crippen molar-refractivity contribution in [3.05, 3.63) is 58.7 Å². The van der Waals surface area contributed by atoms with Crippen molar-refractivity contribution in [1.82, 2.24) is 0 Å². The van der Waals surface area contributed by atoms with Crippen LogP contribution in [0.15, 0.2) is 36.4 Å². The van der Waals surface area contributed by atoms with Gasteiger partial charge in [0.25, 0.3) is 0 Å². The van der Waals surface area contributed by atoms with Gasteiger partial charge in [-0.3, -0.25) is 0 Å². The number of phenols is 1. The monoisotopic (exact) mass is 390 g/mol. The molecular weight excluding hydrogens is 364 g/mol. The Bertz CT molecular complexity index is 1040. The van der Waals surface area contributed by atoms with Crippen LogP contribution in [0.4, 0.5) is 0 Å². The van der Waals surface area contributed by atoms with Crippen molar-refractivity contribution < 1.29 is 19.7 Å². The summed E-state index contributed by atoms with van der Waals surface area (Å²) in [5.41, 5.74) is 1.86. The Morgan fingerprint density at radius 1 is 1.17 bits per heavy atom. The SMILES string of the molecule is CC12CCC3C1C(c1c(cc(C=Cc4ccccc4)c(C(=O)O)c1O)O2)C3(C)C. The molecule has 2 saturated carbocycles. The summed E-state index contributed by atoms with van der Waals surface area (Å²) >= 11 is 0. The predicted octanol–water partition coefficient (Wildman–Crippen LogP) is 5.56. The Morgan fingerprint density at radius 3 is 2.59 bits per heavy atom. The molecule has 150 valence electrons. The summed E-state index contributed by atoms with van der Waals surface area (Å²) in [6, 6.07) is 11.5. The van der Waals surface area contributed by atoms with Crippen molar-refractivity contribution in [1.29, 1.82) is 0 Å². The fourth-order valence-corrected chi connectivity index (χ4v) is 6.30. The molecule has 29 heavy (non-hydrogen) atoms. The van der Waals surface area contributed by atoms with Crippen molar-refractivity contribution >= 4 is 18.1 Å². The molecule has 2 aromatic carbocycles. The van der Waals surface area contributed by atoms with Crippen molar-refractivity contribution in [2.45, 2.75) is 45.1 Å². The zero-order chi connectivity index (χ0) is 20.6. The summed E-state index contributed by atoms with van der Waals surface area (Å²) in [6.07, 6.45) is 5.73. The van der Waals surface area contributed by atoms with Crippen LogP contribution in [0.2, 0.25) is 0 Å². The molecule has 1 heterocycles. The first kappa shape index (κ1) is 18.3. The molecular formula is C25H26O4. The third-order valence-corrected chi connectivity index (χ3v) is 7.66. The van der Waals surface area contributed by atoms with E-state index in [1.54, 1.807) is 12.1 Å². The number of hydrogen-bond acceptors (Lipinski definition) is 3. The molecule has 1 aliphatic heterocycles. The van der Waals surface area contributed by atoms with E-state index in [0.29, 0.717) is 28.7 Å². The number of ether oxygens (including phenoxy) is 1. The summed E-state index contributed by atoms with van der Waals surface area (Å²) in [6.45, 7) is 6.65. The normalized spacial score (nSPS) is 30.9. The Balaban J connectivity index is 1.67. The van der Waals surface area contributed by atoms with E-state index in [1.165, 1.54) is 0 Å². The van der Waals surface area contributed by atoms with Gasteiger partial charge in [0.1, 0.15) is 22.7 Å². The van der Waals surface area contributed by atoms with Crippen molar-refractivity contribution in [2.75, 3.05) is 0 Å². The van der Waals surface area contributed by atoms with Gasteiger partial charge in [-0.25, -0.2) is 4.79 Å². The molecule has 4 unspecified atom stereocenters. The fraction of sp³-hybridized carbons (Fsp3) is 0.400. The summed E-state index contributed by atoms with van der Waals surface area (Å²) < 4.78 is 6.46. The lowest BCUT2D eigenvalue weighted by Crippen LogP contribution is -2.59. The number of carbonyl (C=O) groups is 1. The lowest BCUT2D eigenvalue weighted by atomic mass is 9.45. The summed E-state index contributed by atoms with van der Waals surface area (Å²) in [5.74, 6) is 0.394. The van der Waals surface area contributed by atoms with E-state index in [1.807, 2.05) is 36.4 Å². The molecule has 0 amide bonds. The lowest BCUT2D eigenvalue weighted by Gasteiger charge is -2.62. The van der Waals surface area contributed by atoms with Crippen LogP contribution in [0.25, 0.3) is 12.2 Å². The summed E-state index contributed by atoms with van der Waals surface area (Å²) in [7, 11) is 0. The molecule has 0 radical (unpaired) electrons. The number of fused-ring (bicyclic) bond motifs is 2. The van der Waals surface area contributed by atoms with Crippen LogP contribution >= 0.6 is 0 Å². The number of aromatic carboxylic acids is 1. The van der Waals surface area contributed by atoms with Crippen LogP contribution in [-0.2, 0) is 0 Å². The number of benzene rings is 2. The van der Waals surface area contributed by atoms with E-state index in [-0.39, 0.29) is 28.2 Å². The van der Waals surface area contributed by atoms with Gasteiger partial charge in [0, 0.05) is 17.4 Å². The summed E-state index contributed by atoms with van der Waals surface area (Å²) in [4.78, 5) is 12.1. The quantitative estimate of drug-likeness (QED) is 0.673. The van der Waals surface area contributed by atoms with Gasteiger partial charge in [0.05, 0.1) is 0 Å². The minimum atomic E-state index is -1.12. The number of rotatable bonds is 3. The molecule has 2 aromatic rings. The van der Waals surface area contributed by atoms with E-state index < -0.39 is 5.97 Å². The smallest absolute Gasteiger partial charge is 0.340 e. The maximum absolute atomic E-state index is 12.1. The largest absolute Gasteiger partial charge is 0.507 e. The second-order valence-corrected chi connectivity index (χ2v) is 9.54. The van der Waals surface area contributed by atoms with Crippen LogP contribution in [0.3, 0.4) is 0 Å². The third-order valence-electron chi connectivity index (χ3n) is 7.66. The highest BCUT2D eigenvalue weighted by atomic mass is 16.5. The van der Waals surface area contributed by atoms with E-state index in [0.717, 1.165) is 18.4 Å². The predicted molar refractivity (Wildman–Crippen MR) is 112 cm³/mol. The van der Waals surface area contributed by atoms with Gasteiger partial charge >= 0.3 is 5.97 Å². The summed E-state index contributed by atoms with van der Waals surface area (Å²) in [5, 5.41) is 21.0. The molecule has 0 aromatic heterocycles. The lowest BCUT2D eigenvalue weighted by molar-refractivity contribution is -0.121. The minimum absolute atomic E-state index is 0.0234. The van der Waals surface area contributed by atoms with Crippen LogP contribution in [-0.4, -0.2) is 21.8 Å². The van der Waals surface area contributed by atoms with Crippen molar-refractivity contribution in [3.8, 4) is 11.5 Å². The molecule has 5 rings (SSSR count). The molecule has 2 aliphatic carbocycles. The Kier molecular flexibility index (Phi) is 3.71. The minimum Gasteiger partial charge on any atom is -0.507 e. The molecule has 0 saturated heterocycles. The van der Waals surface area contributed by atoms with Crippen LogP contribution in [0.5, 0.6) is 11.5 Å². The van der Waals surface area contributed by atoms with Crippen LogP contribution in [0, 0.1) is 17.3 Å². The van der Waals surface area contributed by atoms with Gasteiger partial charge in [-0.15, -0.1) is 0 Å². The zero-order valence-electron chi connectivity index (χ0n) is 17.0. The molecule has 2 N–H and O–H groups in total. The van der Waals surface area contributed by atoms with Gasteiger partial charge < -0.3 is 14.9 Å². The first-order valence-corrected chi connectivity index (χ1v) is 10.3. The average Bonchev–Trinajstić information content (AvgIpc) is 3.01. The van der Waals surface area contributed by atoms with E-state index >= 15 is 0 Å². The van der Waals surface area contributed by atoms with E-state index in [9.17, 15) is 15.0 Å². The molecule has 2 fully saturated rings. The highest BCUT2D eigenvalue weighted by molar-refractivity contribution is 5.97. The zero-order valence-corrected chi connectivity index (χ0v) is 17.0. The number of hydrogen-bond donors (Lipinski definition) is 2. The molecule has 4 atom stereocenters. The van der Waals surface area contributed by atoms with E-state index in [2.05, 4.69) is 20.8 Å². The average molecular weight is 390 g/mol. The number of carboxylic acid groups (broad SMARTS) is 1. The first-order valence-electron chi connectivity index (χ1n) is 10.3. The molecule has 0 bridgehead atoms. The standard InChI is InChI=1S/C25H26O4/c1-24(2)16-11-12-25(3)20(16)21(24)19-17(29-25)13-15(18(22(19)26)23(27)28)10-9-14-7-5-4-6-8-14/h4-10,13,16,20-21,26H,11-12H2,1-3H3,(H,27,28). The molecule has 3 aliphatic rings. The molecule has 4 heteroatoms. The molecule has 4 nitrogen and oxygen atoms in total. The number of aromatic hydroxyl groups is 1. The van der Waals surface area contributed by atoms with Gasteiger partial charge in [0.2, 0.25) is 0 Å². The first-order chi connectivity index (χ1) is 13.7. The van der Waals surface area contributed by atoms with Gasteiger partial charge in [-0.1, -0.05) is 56.3 Å². The Labute approximate surface area is 170 Å². The molecule has 0 spiro atoms. The topological polar surface area (TPSA) is 66.8 Å². The highest BCUT2D eigenvalue weighted by Gasteiger charge is 2.69. The van der Waals surface area contributed by atoms with E-state index in [4.69, 9.17) is 4.74 Å². The highest BCUT2D eigenvalue weighted by Crippen LogP contribution is 2.74. The van der Waals surface area contributed by atoms with Gasteiger partial charge in [-0.2, -0.15) is 0 Å². The maximum atomic E-state index is 12.1. The Hall–Kier alpha value is -2.75. The number of carboxylic acids is 1. The van der Waals surface area contributed by atoms with Crippen molar-refractivity contribution in [2.24, 2.45) is 17.3 Å². The van der Waals surface area contributed by atoms with Gasteiger partial charge in [0.15, 0.2) is 0 Å². The fourth-order valence-electron chi connectivity index (χ4n) is 6.30.